The summed E-state index contributed by atoms with van der Waals surface area (Å²) in [6, 6.07) is 0. The van der Waals surface area contributed by atoms with Crippen LogP contribution in [0.15, 0.2) is 58.7 Å². The molecule has 1 aliphatic carbocycles. The number of carbonyl (C=O) groups excluding carboxylic acids is 1. The molecule has 2 N–H and O–H groups in total. The first-order valence-electron chi connectivity index (χ1n) is 10.7. The number of hydrogen-bond acceptors (Lipinski definition) is 5. The zero-order valence-corrected chi connectivity index (χ0v) is 18.5. The predicted molar refractivity (Wildman–Crippen MR) is 117 cm³/mol. The lowest BCUT2D eigenvalue weighted by molar-refractivity contribution is -0.224. The summed E-state index contributed by atoms with van der Waals surface area (Å²) in [7, 11) is 0. The molecule has 5 atom stereocenters. The molecule has 0 aromatic rings. The molecule has 1 spiro atoms. The molecule has 0 fully saturated rings. The summed E-state index contributed by atoms with van der Waals surface area (Å²) in [5, 5.41) is 19.9. The number of ether oxygens (including phenoxy) is 2. The van der Waals surface area contributed by atoms with E-state index in [0.717, 1.165) is 35.1 Å². The highest BCUT2D eigenvalue weighted by Gasteiger charge is 2.45. The van der Waals surface area contributed by atoms with Gasteiger partial charge in [0, 0.05) is 12.3 Å². The van der Waals surface area contributed by atoms with E-state index in [-0.39, 0.29) is 30.5 Å². The average molecular weight is 415 g/mol. The molecule has 0 aromatic heterocycles. The lowest BCUT2D eigenvalue weighted by Gasteiger charge is -2.45. The number of Topliss-reactive ketones (excluding diaryl/α,β-unsaturated/α-hetero) is 1. The van der Waals surface area contributed by atoms with Gasteiger partial charge in [-0.25, -0.2) is 0 Å². The van der Waals surface area contributed by atoms with Crippen LogP contribution in [0.4, 0.5) is 0 Å². The van der Waals surface area contributed by atoms with E-state index in [1.165, 1.54) is 0 Å². The minimum atomic E-state index is -1.04. The minimum Gasteiger partial charge on any atom is -0.392 e. The molecule has 30 heavy (non-hydrogen) atoms. The topological polar surface area (TPSA) is 76.0 Å². The SMILES string of the molecule is C=C(C)[C@@H](O)CC/C(C)=C/[C@@H]1CC(C)=C[C@]2(C=C(CO)[C@H]3CC(=O)C(C)=C[C@H]3O2)O1. The molecule has 164 valence electrons. The van der Waals surface area contributed by atoms with Crippen molar-refractivity contribution in [1.29, 1.82) is 0 Å². The van der Waals surface area contributed by atoms with Gasteiger partial charge >= 0.3 is 0 Å². The van der Waals surface area contributed by atoms with Crippen LogP contribution < -0.4 is 0 Å². The summed E-state index contributed by atoms with van der Waals surface area (Å²) in [5.74, 6) is -1.09. The van der Waals surface area contributed by atoms with Crippen LogP contribution >= 0.6 is 0 Å². The Hall–Kier alpha value is -1.79. The molecule has 3 rings (SSSR count). The summed E-state index contributed by atoms with van der Waals surface area (Å²) in [4.78, 5) is 12.1. The Balaban J connectivity index is 1.81. The molecule has 3 aliphatic rings. The standard InChI is InChI=1S/C25H34O5/c1-15(2)22(27)7-6-16(3)8-20-9-17(4)12-25(29-20)13-19(14-26)21-11-23(28)18(5)10-24(21)30-25/h8,10,12-13,20-22,24,26-27H,1,6-7,9,11,14H2,2-5H3/b16-8+/t20-,21-,22+,24-,25+/m1/s1. The van der Waals surface area contributed by atoms with Crippen molar-refractivity contribution < 1.29 is 24.5 Å². The zero-order chi connectivity index (χ0) is 22.1. The summed E-state index contributed by atoms with van der Waals surface area (Å²) >= 11 is 0. The summed E-state index contributed by atoms with van der Waals surface area (Å²) in [6.07, 6.45) is 9.32. The van der Waals surface area contributed by atoms with E-state index in [0.29, 0.717) is 18.4 Å². The molecule has 0 unspecified atom stereocenters. The smallest absolute Gasteiger partial charge is 0.209 e. The van der Waals surface area contributed by atoms with Gasteiger partial charge in [0.25, 0.3) is 0 Å². The summed E-state index contributed by atoms with van der Waals surface area (Å²) < 4.78 is 12.8. The third kappa shape index (κ3) is 5.09. The van der Waals surface area contributed by atoms with Crippen molar-refractivity contribution in [3.63, 3.8) is 0 Å². The maximum atomic E-state index is 12.1. The molecule has 0 saturated carbocycles. The van der Waals surface area contributed by atoms with Gasteiger partial charge < -0.3 is 19.7 Å². The van der Waals surface area contributed by atoms with E-state index in [4.69, 9.17) is 9.47 Å². The fourth-order valence-electron chi connectivity index (χ4n) is 4.44. The van der Waals surface area contributed by atoms with Gasteiger partial charge in [-0.05, 0) is 76.3 Å². The molecule has 0 saturated heterocycles. The van der Waals surface area contributed by atoms with Crippen LogP contribution in [0, 0.1) is 5.92 Å². The highest BCUT2D eigenvalue weighted by molar-refractivity contribution is 5.96. The number of carbonyl (C=O) groups is 1. The Morgan fingerprint density at radius 3 is 2.70 bits per heavy atom. The van der Waals surface area contributed by atoms with E-state index >= 15 is 0 Å². The number of hydrogen-bond donors (Lipinski definition) is 2. The molecular weight excluding hydrogens is 380 g/mol. The first-order chi connectivity index (χ1) is 14.1. The average Bonchev–Trinajstić information content (AvgIpc) is 2.66. The van der Waals surface area contributed by atoms with Crippen molar-refractivity contribution in [3.05, 3.63) is 58.7 Å². The first kappa shape index (κ1) is 22.9. The van der Waals surface area contributed by atoms with Crippen molar-refractivity contribution in [3.8, 4) is 0 Å². The van der Waals surface area contributed by atoms with Crippen molar-refractivity contribution in [2.75, 3.05) is 6.61 Å². The van der Waals surface area contributed by atoms with E-state index < -0.39 is 11.9 Å². The molecule has 5 nitrogen and oxygen atoms in total. The van der Waals surface area contributed by atoms with E-state index in [2.05, 4.69) is 19.6 Å². The number of aliphatic hydroxyl groups is 2. The van der Waals surface area contributed by atoms with Crippen molar-refractivity contribution in [2.24, 2.45) is 5.92 Å². The van der Waals surface area contributed by atoms with E-state index in [1.54, 1.807) is 0 Å². The van der Waals surface area contributed by atoms with Gasteiger partial charge in [0.1, 0.15) is 0 Å². The quantitative estimate of drug-likeness (QED) is 0.644. The van der Waals surface area contributed by atoms with Crippen LogP contribution in [-0.2, 0) is 14.3 Å². The lowest BCUT2D eigenvalue weighted by atomic mass is 9.79. The number of rotatable bonds is 6. The van der Waals surface area contributed by atoms with Crippen molar-refractivity contribution in [1.82, 2.24) is 0 Å². The Bertz CT molecular complexity index is 830. The summed E-state index contributed by atoms with van der Waals surface area (Å²) in [5.41, 5.74) is 4.56. The van der Waals surface area contributed by atoms with Crippen molar-refractivity contribution >= 4 is 5.78 Å². The van der Waals surface area contributed by atoms with Crippen LogP contribution in [0.2, 0.25) is 0 Å². The molecule has 2 aliphatic heterocycles. The predicted octanol–water partition coefficient (Wildman–Crippen LogP) is 3.93. The van der Waals surface area contributed by atoms with E-state index in [9.17, 15) is 15.0 Å². The second kappa shape index (κ2) is 9.15. The van der Waals surface area contributed by atoms with Crippen LogP contribution in [0.3, 0.4) is 0 Å². The molecule has 5 heteroatoms. The van der Waals surface area contributed by atoms with Gasteiger partial charge in [-0.1, -0.05) is 29.4 Å². The van der Waals surface area contributed by atoms with Crippen molar-refractivity contribution in [2.45, 2.75) is 77.5 Å². The Morgan fingerprint density at radius 2 is 2.03 bits per heavy atom. The second-order valence-corrected chi connectivity index (χ2v) is 9.03. The molecule has 0 amide bonds. The van der Waals surface area contributed by atoms with Gasteiger partial charge in [-0.3, -0.25) is 4.79 Å². The number of ketones is 1. The largest absolute Gasteiger partial charge is 0.392 e. The normalized spacial score (nSPS) is 32.9. The number of fused-ring (bicyclic) bond motifs is 1. The fourth-order valence-corrected chi connectivity index (χ4v) is 4.44. The molecule has 2 heterocycles. The van der Waals surface area contributed by atoms with Crippen LogP contribution in [0.1, 0.15) is 53.4 Å². The monoisotopic (exact) mass is 414 g/mol. The molecular formula is C25H34O5. The Kier molecular flexibility index (Phi) is 6.98. The second-order valence-electron chi connectivity index (χ2n) is 9.03. The van der Waals surface area contributed by atoms with Crippen LogP contribution in [0.5, 0.6) is 0 Å². The highest BCUT2D eigenvalue weighted by Crippen LogP contribution is 2.42. The molecule has 0 aromatic carbocycles. The third-order valence-corrected chi connectivity index (χ3v) is 6.18. The lowest BCUT2D eigenvalue weighted by Crippen LogP contribution is -2.49. The fraction of sp³-hybridized carbons (Fsp3) is 0.560. The van der Waals surface area contributed by atoms with Gasteiger partial charge in [0.15, 0.2) is 5.78 Å². The van der Waals surface area contributed by atoms with Crippen LogP contribution in [0.25, 0.3) is 0 Å². The summed E-state index contributed by atoms with van der Waals surface area (Å²) in [6.45, 7) is 11.4. The minimum absolute atomic E-state index is 0.0971. The molecule has 0 bridgehead atoms. The van der Waals surface area contributed by atoms with Gasteiger partial charge in [0.05, 0.1) is 24.9 Å². The van der Waals surface area contributed by atoms with Gasteiger partial charge in [0.2, 0.25) is 5.79 Å². The van der Waals surface area contributed by atoms with Crippen LogP contribution in [-0.4, -0.2) is 46.7 Å². The number of allylic oxidation sites excluding steroid dienone is 2. The van der Waals surface area contributed by atoms with Gasteiger partial charge in [-0.2, -0.15) is 0 Å². The molecule has 0 radical (unpaired) electrons. The Labute approximate surface area is 179 Å². The maximum Gasteiger partial charge on any atom is 0.209 e. The van der Waals surface area contributed by atoms with E-state index in [1.807, 2.05) is 39.0 Å². The first-order valence-corrected chi connectivity index (χ1v) is 10.7. The zero-order valence-electron chi connectivity index (χ0n) is 18.5. The van der Waals surface area contributed by atoms with Gasteiger partial charge in [-0.15, -0.1) is 0 Å². The Morgan fingerprint density at radius 1 is 1.30 bits per heavy atom. The maximum absolute atomic E-state index is 12.1. The number of aliphatic hydroxyl groups excluding tert-OH is 2. The highest BCUT2D eigenvalue weighted by atomic mass is 16.7. The third-order valence-electron chi connectivity index (χ3n) is 6.18.